The van der Waals surface area contributed by atoms with Gasteiger partial charge in [0.05, 0.1) is 16.2 Å². The molecule has 1 fully saturated rings. The van der Waals surface area contributed by atoms with E-state index in [1.807, 2.05) is 0 Å². The Balaban J connectivity index is 1.71. The van der Waals surface area contributed by atoms with Gasteiger partial charge in [-0.25, -0.2) is 0 Å². The number of non-ortho nitro benzene ring substituents is 1. The molecule has 1 saturated heterocycles. The van der Waals surface area contributed by atoms with Crippen molar-refractivity contribution in [3.8, 4) is 0 Å². The molecule has 0 spiro atoms. The predicted octanol–water partition coefficient (Wildman–Crippen LogP) is 1.80. The Hall–Kier alpha value is -3.75. The fourth-order valence-corrected chi connectivity index (χ4v) is 2.82. The molecule has 27 heavy (non-hydrogen) atoms. The van der Waals surface area contributed by atoms with Crippen molar-refractivity contribution < 1.29 is 19.3 Å². The molecule has 0 radical (unpaired) electrons. The van der Waals surface area contributed by atoms with Gasteiger partial charge in [0.15, 0.2) is 0 Å². The Morgan fingerprint density at radius 2 is 1.78 bits per heavy atom. The molecule has 138 valence electrons. The second-order valence-corrected chi connectivity index (χ2v) is 5.88. The van der Waals surface area contributed by atoms with Crippen LogP contribution < -0.4 is 15.8 Å². The first-order valence-electron chi connectivity index (χ1n) is 8.22. The van der Waals surface area contributed by atoms with Gasteiger partial charge in [0.1, 0.15) is 0 Å². The van der Waals surface area contributed by atoms with Gasteiger partial charge in [0.2, 0.25) is 5.91 Å². The summed E-state index contributed by atoms with van der Waals surface area (Å²) in [5.74, 6) is -1.35. The van der Waals surface area contributed by atoms with Crippen LogP contribution in [0.3, 0.4) is 0 Å². The lowest BCUT2D eigenvalue weighted by Crippen LogP contribution is -2.42. The highest BCUT2D eigenvalue weighted by atomic mass is 16.6. The largest absolute Gasteiger partial charge is 0.312 e. The highest BCUT2D eigenvalue weighted by molar-refractivity contribution is 6.06. The van der Waals surface area contributed by atoms with Crippen LogP contribution in [-0.2, 0) is 4.79 Å². The normalized spacial score (nSPS) is 13.3. The number of hydrogen-bond acceptors (Lipinski definition) is 5. The summed E-state index contributed by atoms with van der Waals surface area (Å²) in [6.45, 7) is 0.531. The third kappa shape index (κ3) is 3.92. The summed E-state index contributed by atoms with van der Waals surface area (Å²) in [5, 5.41) is 10.8. The van der Waals surface area contributed by atoms with Crippen molar-refractivity contribution >= 4 is 29.1 Å². The molecule has 9 heteroatoms. The Morgan fingerprint density at radius 3 is 2.48 bits per heavy atom. The minimum absolute atomic E-state index is 0.0347. The van der Waals surface area contributed by atoms with Crippen LogP contribution in [-0.4, -0.2) is 29.2 Å². The number of amides is 3. The number of nitro groups is 1. The van der Waals surface area contributed by atoms with Gasteiger partial charge in [-0.3, -0.25) is 35.3 Å². The standard InChI is InChI=1S/C18H16N4O5/c23-16-9-4-10-21(16)15-8-2-1-7-14(15)18(25)20-19-17(24)12-5-3-6-13(11-12)22(26)27/h1-3,5-8,11H,4,9-10H2,(H,19,24)(H,20,25). The smallest absolute Gasteiger partial charge is 0.271 e. The number of carbonyl (C=O) groups is 3. The van der Waals surface area contributed by atoms with Gasteiger partial charge >= 0.3 is 0 Å². The highest BCUT2D eigenvalue weighted by Crippen LogP contribution is 2.25. The van der Waals surface area contributed by atoms with Crippen LogP contribution in [0.2, 0.25) is 0 Å². The lowest BCUT2D eigenvalue weighted by atomic mass is 10.1. The molecule has 0 unspecified atom stereocenters. The van der Waals surface area contributed by atoms with Gasteiger partial charge in [0, 0.05) is 30.7 Å². The van der Waals surface area contributed by atoms with Crippen molar-refractivity contribution in [1.82, 2.24) is 10.9 Å². The topological polar surface area (TPSA) is 122 Å². The van der Waals surface area contributed by atoms with Crippen LogP contribution in [0.25, 0.3) is 0 Å². The minimum atomic E-state index is -0.693. The van der Waals surface area contributed by atoms with Crippen molar-refractivity contribution in [2.75, 3.05) is 11.4 Å². The zero-order chi connectivity index (χ0) is 19.4. The van der Waals surface area contributed by atoms with E-state index in [-0.39, 0.29) is 22.7 Å². The molecule has 0 saturated carbocycles. The summed E-state index contributed by atoms with van der Waals surface area (Å²) in [6, 6.07) is 11.7. The molecule has 0 aliphatic carbocycles. The van der Waals surface area contributed by atoms with E-state index in [1.54, 1.807) is 24.3 Å². The van der Waals surface area contributed by atoms with Crippen LogP contribution in [0.5, 0.6) is 0 Å². The first-order chi connectivity index (χ1) is 13.0. The van der Waals surface area contributed by atoms with Crippen molar-refractivity contribution in [2.45, 2.75) is 12.8 Å². The number of benzene rings is 2. The highest BCUT2D eigenvalue weighted by Gasteiger charge is 2.25. The summed E-state index contributed by atoms with van der Waals surface area (Å²) in [5.41, 5.74) is 5.03. The zero-order valence-electron chi connectivity index (χ0n) is 14.2. The number of nitro benzene ring substituents is 1. The van der Waals surface area contributed by atoms with Crippen molar-refractivity contribution in [3.05, 3.63) is 69.8 Å². The van der Waals surface area contributed by atoms with Gasteiger partial charge in [0.25, 0.3) is 17.5 Å². The minimum Gasteiger partial charge on any atom is -0.312 e. The number of anilines is 1. The van der Waals surface area contributed by atoms with Gasteiger partial charge in [-0.1, -0.05) is 18.2 Å². The van der Waals surface area contributed by atoms with E-state index in [9.17, 15) is 24.5 Å². The first-order valence-corrected chi connectivity index (χ1v) is 8.22. The van der Waals surface area contributed by atoms with Gasteiger partial charge in [-0.15, -0.1) is 0 Å². The Morgan fingerprint density at radius 1 is 1.04 bits per heavy atom. The van der Waals surface area contributed by atoms with Crippen LogP contribution in [0.4, 0.5) is 11.4 Å². The molecule has 1 aliphatic rings. The number of carbonyl (C=O) groups excluding carboxylic acids is 3. The van der Waals surface area contributed by atoms with E-state index in [4.69, 9.17) is 0 Å². The summed E-state index contributed by atoms with van der Waals surface area (Å²) in [4.78, 5) is 48.3. The molecule has 2 N–H and O–H groups in total. The summed E-state index contributed by atoms with van der Waals surface area (Å²) in [6.07, 6.45) is 1.15. The first kappa shape index (κ1) is 18.1. The molecule has 3 amide bonds. The van der Waals surface area contributed by atoms with Crippen LogP contribution in [0, 0.1) is 10.1 Å². The quantitative estimate of drug-likeness (QED) is 0.629. The molecular weight excluding hydrogens is 352 g/mol. The van der Waals surface area contributed by atoms with E-state index in [0.29, 0.717) is 18.7 Å². The maximum Gasteiger partial charge on any atom is 0.271 e. The summed E-state index contributed by atoms with van der Waals surface area (Å²) < 4.78 is 0. The van der Waals surface area contributed by atoms with Crippen LogP contribution in [0.15, 0.2) is 48.5 Å². The lowest BCUT2D eigenvalue weighted by molar-refractivity contribution is -0.384. The molecule has 1 aliphatic heterocycles. The lowest BCUT2D eigenvalue weighted by Gasteiger charge is -2.19. The zero-order valence-corrected chi connectivity index (χ0v) is 14.2. The fraction of sp³-hybridized carbons (Fsp3) is 0.167. The number of nitrogens with zero attached hydrogens (tertiary/aromatic N) is 2. The second-order valence-electron chi connectivity index (χ2n) is 5.88. The molecule has 2 aromatic carbocycles. The number of rotatable bonds is 4. The third-order valence-corrected chi connectivity index (χ3v) is 4.12. The van der Waals surface area contributed by atoms with Crippen molar-refractivity contribution in [2.24, 2.45) is 0 Å². The predicted molar refractivity (Wildman–Crippen MR) is 96.1 cm³/mol. The summed E-state index contributed by atoms with van der Waals surface area (Å²) >= 11 is 0. The van der Waals surface area contributed by atoms with E-state index < -0.39 is 16.7 Å². The maximum atomic E-state index is 12.5. The molecule has 1 heterocycles. The maximum absolute atomic E-state index is 12.5. The van der Waals surface area contributed by atoms with Crippen molar-refractivity contribution in [1.29, 1.82) is 0 Å². The Bertz CT molecular complexity index is 927. The molecule has 9 nitrogen and oxygen atoms in total. The van der Waals surface area contributed by atoms with Crippen LogP contribution in [0.1, 0.15) is 33.6 Å². The third-order valence-electron chi connectivity index (χ3n) is 4.12. The number of hydrogen-bond donors (Lipinski definition) is 2. The molecule has 3 rings (SSSR count). The number of hydrazine groups is 1. The van der Waals surface area contributed by atoms with Crippen LogP contribution >= 0.6 is 0 Å². The monoisotopic (exact) mass is 368 g/mol. The fourth-order valence-electron chi connectivity index (χ4n) is 2.82. The average molecular weight is 368 g/mol. The Labute approximate surface area is 154 Å². The van der Waals surface area contributed by atoms with Gasteiger partial charge in [-0.2, -0.15) is 0 Å². The number of para-hydroxylation sites is 1. The van der Waals surface area contributed by atoms with E-state index >= 15 is 0 Å². The second kappa shape index (κ2) is 7.65. The molecule has 0 atom stereocenters. The van der Waals surface area contributed by atoms with Gasteiger partial charge in [-0.05, 0) is 24.6 Å². The van der Waals surface area contributed by atoms with E-state index in [2.05, 4.69) is 10.9 Å². The van der Waals surface area contributed by atoms with Gasteiger partial charge < -0.3 is 4.90 Å². The Kier molecular flexibility index (Phi) is 5.11. The van der Waals surface area contributed by atoms with E-state index in [0.717, 1.165) is 12.5 Å². The molecule has 0 bridgehead atoms. The molecular formula is C18H16N4O5. The average Bonchev–Trinajstić information content (AvgIpc) is 3.11. The van der Waals surface area contributed by atoms with Crippen molar-refractivity contribution in [3.63, 3.8) is 0 Å². The molecule has 2 aromatic rings. The SMILES string of the molecule is O=C(NNC(=O)c1ccccc1N1CCCC1=O)c1cccc([N+](=O)[O-])c1. The van der Waals surface area contributed by atoms with E-state index in [1.165, 1.54) is 23.1 Å². The molecule has 0 aromatic heterocycles. The summed E-state index contributed by atoms with van der Waals surface area (Å²) in [7, 11) is 0. The number of nitrogens with one attached hydrogen (secondary N) is 2.